The number of hydrogen-bond acceptors (Lipinski definition) is 0. The van der Waals surface area contributed by atoms with Gasteiger partial charge in [0.1, 0.15) is 0 Å². The summed E-state index contributed by atoms with van der Waals surface area (Å²) in [4.78, 5) is 0. The van der Waals surface area contributed by atoms with Gasteiger partial charge in [-0.2, -0.15) is 0 Å². The molecule has 10 heavy (non-hydrogen) atoms. The maximum atomic E-state index is 5.76. The molecular formula is C7H4BrCl2. The summed E-state index contributed by atoms with van der Waals surface area (Å²) in [5, 5.41) is 1.87. The molecule has 0 unspecified atom stereocenters. The molecule has 0 aromatic heterocycles. The quantitative estimate of drug-likeness (QED) is 0.655. The van der Waals surface area contributed by atoms with E-state index < -0.39 is 0 Å². The molecule has 0 atom stereocenters. The SMILES string of the molecule is Clc1[c]c(Cl)c(CBr)cc1. The van der Waals surface area contributed by atoms with Gasteiger partial charge in [0.2, 0.25) is 0 Å². The number of alkyl halides is 1. The van der Waals surface area contributed by atoms with Gasteiger partial charge >= 0.3 is 0 Å². The van der Waals surface area contributed by atoms with E-state index >= 15 is 0 Å². The van der Waals surface area contributed by atoms with Crippen LogP contribution < -0.4 is 0 Å². The maximum Gasteiger partial charge on any atom is 0.0540 e. The zero-order valence-corrected chi connectivity index (χ0v) is 8.09. The van der Waals surface area contributed by atoms with Gasteiger partial charge in [0, 0.05) is 11.4 Å². The summed E-state index contributed by atoms with van der Waals surface area (Å²) in [5.41, 5.74) is 1.01. The highest BCUT2D eigenvalue weighted by molar-refractivity contribution is 9.08. The first-order chi connectivity index (χ1) is 4.74. The lowest BCUT2D eigenvalue weighted by molar-refractivity contribution is 1.43. The molecule has 1 radical (unpaired) electrons. The first kappa shape index (κ1) is 8.38. The van der Waals surface area contributed by atoms with Crippen molar-refractivity contribution in [2.75, 3.05) is 0 Å². The third-order valence-electron chi connectivity index (χ3n) is 1.09. The van der Waals surface area contributed by atoms with Gasteiger partial charge in [-0.25, -0.2) is 0 Å². The van der Waals surface area contributed by atoms with E-state index in [1.165, 1.54) is 0 Å². The lowest BCUT2D eigenvalue weighted by Crippen LogP contribution is -1.78. The average Bonchev–Trinajstić information content (AvgIpc) is 1.88. The van der Waals surface area contributed by atoms with E-state index in [4.69, 9.17) is 23.2 Å². The Morgan fingerprint density at radius 2 is 2.10 bits per heavy atom. The second kappa shape index (κ2) is 3.61. The Kier molecular flexibility index (Phi) is 3.02. The molecule has 0 amide bonds. The van der Waals surface area contributed by atoms with E-state index in [0.29, 0.717) is 10.0 Å². The standard InChI is InChI=1S/C7H4BrCl2/c8-4-5-1-2-6(9)3-7(5)10/h1-2H,4H2. The van der Waals surface area contributed by atoms with Crippen molar-refractivity contribution in [3.8, 4) is 0 Å². The van der Waals surface area contributed by atoms with Crippen molar-refractivity contribution in [1.82, 2.24) is 0 Å². The summed E-state index contributed by atoms with van der Waals surface area (Å²) in [6.07, 6.45) is 0. The Labute approximate surface area is 78.3 Å². The zero-order chi connectivity index (χ0) is 7.56. The molecule has 0 saturated carbocycles. The molecular weight excluding hydrogens is 235 g/mol. The van der Waals surface area contributed by atoms with Crippen molar-refractivity contribution in [3.05, 3.63) is 33.8 Å². The molecule has 0 fully saturated rings. The van der Waals surface area contributed by atoms with Gasteiger partial charge in [-0.15, -0.1) is 0 Å². The lowest BCUT2D eigenvalue weighted by Gasteiger charge is -1.97. The van der Waals surface area contributed by atoms with E-state index in [2.05, 4.69) is 22.0 Å². The zero-order valence-electron chi connectivity index (χ0n) is 5.00. The van der Waals surface area contributed by atoms with Crippen LogP contribution in [0.1, 0.15) is 5.56 Å². The van der Waals surface area contributed by atoms with Crippen molar-refractivity contribution in [2.24, 2.45) is 0 Å². The summed E-state index contributed by atoms with van der Waals surface area (Å²) in [6.45, 7) is 0. The fourth-order valence-corrected chi connectivity index (χ4v) is 1.64. The fraction of sp³-hybridized carbons (Fsp3) is 0.143. The van der Waals surface area contributed by atoms with Crippen LogP contribution in [0.25, 0.3) is 0 Å². The fourth-order valence-electron chi connectivity index (χ4n) is 0.577. The predicted octanol–water partition coefficient (Wildman–Crippen LogP) is 3.69. The second-order valence-electron chi connectivity index (χ2n) is 1.78. The monoisotopic (exact) mass is 237 g/mol. The van der Waals surface area contributed by atoms with Gasteiger partial charge in [0.25, 0.3) is 0 Å². The summed E-state index contributed by atoms with van der Waals surface area (Å²) in [6, 6.07) is 6.43. The molecule has 0 bridgehead atoms. The minimum atomic E-state index is 0.551. The normalized spacial score (nSPS) is 9.90. The van der Waals surface area contributed by atoms with Crippen molar-refractivity contribution in [2.45, 2.75) is 5.33 Å². The average molecular weight is 239 g/mol. The molecule has 1 aromatic carbocycles. The Morgan fingerprint density at radius 1 is 1.40 bits per heavy atom. The molecule has 0 nitrogen and oxygen atoms in total. The molecule has 0 saturated heterocycles. The van der Waals surface area contributed by atoms with Crippen LogP contribution in [0.5, 0.6) is 0 Å². The number of halogens is 3. The van der Waals surface area contributed by atoms with Crippen molar-refractivity contribution in [1.29, 1.82) is 0 Å². The van der Waals surface area contributed by atoms with Crippen molar-refractivity contribution < 1.29 is 0 Å². The molecule has 3 heteroatoms. The summed E-state index contributed by atoms with van der Waals surface area (Å²) < 4.78 is 0. The Balaban J connectivity index is 3.07. The van der Waals surface area contributed by atoms with E-state index in [1.807, 2.05) is 6.07 Å². The highest BCUT2D eigenvalue weighted by atomic mass is 79.9. The van der Waals surface area contributed by atoms with Crippen LogP contribution in [0, 0.1) is 6.07 Å². The van der Waals surface area contributed by atoms with E-state index in [-0.39, 0.29) is 0 Å². The van der Waals surface area contributed by atoms with E-state index in [9.17, 15) is 0 Å². The molecule has 1 rings (SSSR count). The molecule has 53 valence electrons. The predicted molar refractivity (Wildman–Crippen MR) is 47.9 cm³/mol. The summed E-state index contributed by atoms with van der Waals surface area (Å²) in [5.74, 6) is 0. The Bertz CT molecular complexity index is 235. The highest BCUT2D eigenvalue weighted by Gasteiger charge is 1.98. The summed E-state index contributed by atoms with van der Waals surface area (Å²) in [7, 11) is 0. The van der Waals surface area contributed by atoms with Gasteiger partial charge in [-0.3, -0.25) is 0 Å². The molecule has 0 heterocycles. The third-order valence-corrected chi connectivity index (χ3v) is 2.25. The van der Waals surface area contributed by atoms with E-state index in [0.717, 1.165) is 10.9 Å². The van der Waals surface area contributed by atoms with Gasteiger partial charge in [-0.1, -0.05) is 45.2 Å². The smallest absolute Gasteiger partial charge is 0.0540 e. The van der Waals surface area contributed by atoms with Crippen LogP contribution in [0.3, 0.4) is 0 Å². The molecule has 0 aliphatic carbocycles. The van der Waals surface area contributed by atoms with Crippen LogP contribution in [0.4, 0.5) is 0 Å². The van der Waals surface area contributed by atoms with Crippen LogP contribution in [0.15, 0.2) is 12.1 Å². The van der Waals surface area contributed by atoms with Gasteiger partial charge in [0.15, 0.2) is 0 Å². The minimum Gasteiger partial charge on any atom is -0.0876 e. The van der Waals surface area contributed by atoms with Gasteiger partial charge in [0.05, 0.1) is 10.0 Å². The first-order valence-electron chi connectivity index (χ1n) is 2.66. The summed E-state index contributed by atoms with van der Waals surface area (Å²) >= 11 is 14.7. The van der Waals surface area contributed by atoms with Crippen LogP contribution in [0.2, 0.25) is 10.0 Å². The molecule has 0 aliphatic heterocycles. The number of hydrogen-bond donors (Lipinski definition) is 0. The number of rotatable bonds is 1. The second-order valence-corrected chi connectivity index (χ2v) is 3.13. The van der Waals surface area contributed by atoms with Gasteiger partial charge in [-0.05, 0) is 11.6 Å². The largest absolute Gasteiger partial charge is 0.0876 e. The molecule has 1 aromatic rings. The van der Waals surface area contributed by atoms with Crippen molar-refractivity contribution in [3.63, 3.8) is 0 Å². The number of benzene rings is 1. The topological polar surface area (TPSA) is 0 Å². The minimum absolute atomic E-state index is 0.551. The molecule has 0 aliphatic rings. The van der Waals surface area contributed by atoms with Gasteiger partial charge < -0.3 is 0 Å². The van der Waals surface area contributed by atoms with Crippen LogP contribution in [-0.4, -0.2) is 0 Å². The first-order valence-corrected chi connectivity index (χ1v) is 4.54. The highest BCUT2D eigenvalue weighted by Crippen LogP contribution is 2.21. The molecule has 0 N–H and O–H groups in total. The molecule has 0 spiro atoms. The Hall–Kier alpha value is 0.280. The van der Waals surface area contributed by atoms with E-state index in [1.54, 1.807) is 6.07 Å². The lowest BCUT2D eigenvalue weighted by atomic mass is 10.2. The Morgan fingerprint density at radius 3 is 2.60 bits per heavy atom. The third kappa shape index (κ3) is 1.88. The van der Waals surface area contributed by atoms with Crippen LogP contribution in [-0.2, 0) is 5.33 Å². The van der Waals surface area contributed by atoms with Crippen LogP contribution >= 0.6 is 39.1 Å². The van der Waals surface area contributed by atoms with Crippen molar-refractivity contribution >= 4 is 39.1 Å². The maximum absolute atomic E-state index is 5.76.